The lowest BCUT2D eigenvalue weighted by Crippen LogP contribution is -2.17. The van der Waals surface area contributed by atoms with Crippen molar-refractivity contribution in [3.63, 3.8) is 0 Å². The Balaban J connectivity index is 0.000000141. The standard InChI is InChI=1S/C22H16FN3O5S.C22H18FN3O3S.C16H13ClN2O2S.C9H10BrNO2.C7H4ClNS.C6H6BrNO.C6H4FNO3.C6H6FNO.C3H8O2/c23-15-10-14(26(27)28)3-5-18(15)31-19-6-7-24-17-11-20(32-21(17)19)16-4-2-13(12-25-16)22-29-8-1-9-30-22;23-15-10-14(24)3-5-18(15)29-19-6-7-25-17-11-20(30-21(17)19)16-4-2-13(12-26-16)22-27-8-1-9-28-22;17-11-4-5-18-13-8-14(22-15(11)13)12-3-2-10(9-19-12)16-20-6-1-7-21-16;10-8-3-2-7(6-11-8)9-12-4-1-5-13-9;8-5-1-3-9-6-2-4-10-7(5)6;1-9-5-2-3-6(7)8-4-5;7-5-3-4(8(10)11)1-2-6(5)9;7-5-3-4(8)1-2-6(5)9;4-2-1-3-5/h2-7,10-12,22H,1,8-9H2;2-7,10-12,22H,1,8-9,24H2;2-5,8-9,16H,1,6-7H2;2-3,6,9H,1,4-5H2;1-4H;2-4H,1H3;1-3,9H;1-3,9H,8H2;4-5H,1-3H2. The Morgan fingerprint density at radius 2 is 0.759 bits per heavy atom. The summed E-state index contributed by atoms with van der Waals surface area (Å²) in [6.07, 6.45) is 18.3. The van der Waals surface area contributed by atoms with Gasteiger partial charge in [0.15, 0.2) is 71.4 Å². The summed E-state index contributed by atoms with van der Waals surface area (Å²) in [7, 11) is 1.62. The third-order valence-corrected chi connectivity index (χ3v) is 25.8. The lowest BCUT2D eigenvalue weighted by atomic mass is 10.2. The van der Waals surface area contributed by atoms with Gasteiger partial charge in [0.2, 0.25) is 0 Å². The first-order valence-electron chi connectivity index (χ1n) is 42.7. The average Bonchev–Trinajstić information content (AvgIpc) is 1.65. The van der Waals surface area contributed by atoms with Crippen LogP contribution in [0.25, 0.3) is 72.6 Å². The molecule has 8 N–H and O–H groups in total. The molecule has 4 fully saturated rings. The van der Waals surface area contributed by atoms with Gasteiger partial charge in [-0.2, -0.15) is 0 Å². The van der Waals surface area contributed by atoms with Crippen molar-refractivity contribution >= 4 is 164 Å². The number of rotatable bonds is 16. The Labute approximate surface area is 844 Å². The van der Waals surface area contributed by atoms with Crippen molar-refractivity contribution in [2.75, 3.05) is 84.6 Å². The van der Waals surface area contributed by atoms with E-state index in [0.717, 1.165) is 186 Å². The summed E-state index contributed by atoms with van der Waals surface area (Å²) in [5.41, 5.74) is 20.2. The van der Waals surface area contributed by atoms with Crippen molar-refractivity contribution in [1.82, 2.24) is 44.9 Å². The zero-order valence-electron chi connectivity index (χ0n) is 74.2. The number of aromatic nitrogens is 9. The topological polar surface area (TPSA) is 437 Å². The molecular formula is C97H85Br2Cl2F4N13O19S4. The molecule has 0 radical (unpaired) electrons. The fourth-order valence-electron chi connectivity index (χ4n) is 12.6. The smallest absolute Gasteiger partial charge is 0.272 e. The molecule has 0 atom stereocenters. The summed E-state index contributed by atoms with van der Waals surface area (Å²) in [4.78, 5) is 61.2. The number of nitrogens with two attached hydrogens (primary N) is 2. The van der Waals surface area contributed by atoms with Gasteiger partial charge >= 0.3 is 0 Å². The van der Waals surface area contributed by atoms with Gasteiger partial charge in [0, 0.05) is 133 Å². The third kappa shape index (κ3) is 30.7. The van der Waals surface area contributed by atoms with E-state index in [-0.39, 0.29) is 60.7 Å². The van der Waals surface area contributed by atoms with Crippen LogP contribution in [-0.4, -0.2) is 148 Å². The number of pyridine rings is 9. The molecule has 17 aromatic rings. The maximum atomic E-state index is 14.3. The Kier molecular flexibility index (Phi) is 39.9. The lowest BCUT2D eigenvalue weighted by molar-refractivity contribution is -0.385. The molecular weight excluding hydrogens is 2090 g/mol. The van der Waals surface area contributed by atoms with Crippen LogP contribution in [0.15, 0.2) is 252 Å². The summed E-state index contributed by atoms with van der Waals surface area (Å²) in [6, 6.07) is 47.9. The predicted octanol–water partition coefficient (Wildman–Crippen LogP) is 24.4. The number of fused-ring (bicyclic) bond motifs is 4. The number of aliphatic hydroxyl groups is 2. The molecule has 4 aliphatic heterocycles. The van der Waals surface area contributed by atoms with Crippen LogP contribution in [-0.2, 0) is 37.9 Å². The van der Waals surface area contributed by atoms with E-state index < -0.39 is 45.2 Å². The van der Waals surface area contributed by atoms with Gasteiger partial charge in [-0.15, -0.1) is 45.3 Å². The third-order valence-electron chi connectivity index (χ3n) is 19.6. The number of hydrogen-bond acceptors (Lipinski definition) is 34. The molecule has 0 bridgehead atoms. The lowest BCUT2D eigenvalue weighted by Gasteiger charge is -2.23. The van der Waals surface area contributed by atoms with E-state index in [9.17, 15) is 37.8 Å². The summed E-state index contributed by atoms with van der Waals surface area (Å²) in [5.74, 6) is -2.24. The van der Waals surface area contributed by atoms with E-state index in [1.165, 1.54) is 59.1 Å². The minimum absolute atomic E-state index is 0.0938. The molecule has 21 rings (SSSR count). The highest BCUT2D eigenvalue weighted by molar-refractivity contribution is 9.10. The molecule has 0 amide bonds. The zero-order chi connectivity index (χ0) is 99.7. The van der Waals surface area contributed by atoms with Gasteiger partial charge in [0.25, 0.3) is 11.4 Å². The molecule has 17 heterocycles. The highest BCUT2D eigenvalue weighted by Gasteiger charge is 2.25. The highest BCUT2D eigenvalue weighted by atomic mass is 79.9. The molecule has 4 saturated heterocycles. The van der Waals surface area contributed by atoms with Crippen LogP contribution in [0.5, 0.6) is 40.2 Å². The Bertz CT molecular complexity index is 6950. The van der Waals surface area contributed by atoms with Crippen molar-refractivity contribution in [1.29, 1.82) is 0 Å². The first-order chi connectivity index (χ1) is 68.3. The van der Waals surface area contributed by atoms with Gasteiger partial charge in [0.05, 0.1) is 171 Å². The van der Waals surface area contributed by atoms with Crippen molar-refractivity contribution < 1.29 is 99.9 Å². The number of phenolic OH excluding ortho intramolecular Hbond substituents is 2. The molecule has 0 aliphatic carbocycles. The van der Waals surface area contributed by atoms with Gasteiger partial charge in [-0.25, -0.2) is 27.5 Å². The van der Waals surface area contributed by atoms with Crippen LogP contribution in [0, 0.1) is 43.5 Å². The molecule has 32 nitrogen and oxygen atoms in total. The maximum absolute atomic E-state index is 14.3. The van der Waals surface area contributed by atoms with Gasteiger partial charge in [-0.05, 0) is 185 Å². The quantitative estimate of drug-likeness (QED) is 0.0131. The number of hydrogen-bond donors (Lipinski definition) is 6. The van der Waals surface area contributed by atoms with E-state index >= 15 is 0 Å². The second kappa shape index (κ2) is 53.3. The Morgan fingerprint density at radius 1 is 0.404 bits per heavy atom. The van der Waals surface area contributed by atoms with Crippen LogP contribution in [0.1, 0.15) is 79.5 Å². The Hall–Kier alpha value is -12.7. The fraction of sp³-hybridized carbons (Fsp3) is 0.206. The number of nitrogen functional groups attached to an aromatic ring is 2. The number of ether oxygens (including phenoxy) is 11. The second-order valence-electron chi connectivity index (χ2n) is 29.6. The molecule has 141 heavy (non-hydrogen) atoms. The number of aromatic hydroxyl groups is 2. The normalized spacial score (nSPS) is 13.7. The van der Waals surface area contributed by atoms with Crippen molar-refractivity contribution in [2.24, 2.45) is 0 Å². The number of methoxy groups -OCH3 is 1. The van der Waals surface area contributed by atoms with E-state index in [1.807, 2.05) is 96.5 Å². The SMILES string of the molecule is Brc1ccc(C2OCCCO2)cn1.COc1ccc(Br)nc1.Clc1ccnc2cc(-c3ccc(C4OCCCO4)cn3)sc12.Clc1ccnc2ccsc12.Nc1ccc(O)c(F)c1.Nc1ccc(Oc2ccnc3cc(-c4ccc(C5OCCCO5)cn4)sc23)c(F)c1.O=[N+]([O-])c1ccc(O)c(F)c1.O=[N+]([O-])c1ccc(Oc2ccnc3cc(-c4ccc(C5OCCCO5)cn4)sc23)c(F)c1.OCCCO. The predicted molar refractivity (Wildman–Crippen MR) is 536 cm³/mol. The number of thiophene rings is 4. The average molecular weight is 2170 g/mol. The van der Waals surface area contributed by atoms with Crippen LogP contribution >= 0.6 is 100 Å². The van der Waals surface area contributed by atoms with Crippen LogP contribution < -0.4 is 25.7 Å². The zero-order valence-corrected chi connectivity index (χ0v) is 82.1. The number of non-ortho nitro benzene ring substituents is 2. The van der Waals surface area contributed by atoms with Crippen LogP contribution in [0.2, 0.25) is 10.0 Å². The van der Waals surface area contributed by atoms with Gasteiger partial charge in [-0.3, -0.25) is 55.1 Å². The summed E-state index contributed by atoms with van der Waals surface area (Å²) in [5, 5.41) is 57.4. The minimum atomic E-state index is -0.987. The second-order valence-corrected chi connectivity index (χ2v) is 36.1. The number of aliphatic hydroxyl groups excluding tert-OH is 2. The van der Waals surface area contributed by atoms with Crippen molar-refractivity contribution in [3.05, 3.63) is 328 Å². The number of phenols is 2. The first kappa shape index (κ1) is 106. The number of benzene rings is 4. The Morgan fingerprint density at radius 3 is 1.11 bits per heavy atom. The summed E-state index contributed by atoms with van der Waals surface area (Å²) >= 11 is 24.7. The highest BCUT2D eigenvalue weighted by Crippen LogP contribution is 2.44. The van der Waals surface area contributed by atoms with Crippen molar-refractivity contribution in [2.45, 2.75) is 57.3 Å². The number of nitro benzene ring substituents is 2. The van der Waals surface area contributed by atoms with E-state index in [2.05, 4.69) is 76.7 Å². The van der Waals surface area contributed by atoms with E-state index in [1.54, 1.807) is 110 Å². The van der Waals surface area contributed by atoms with E-state index in [0.29, 0.717) is 72.0 Å². The number of nitrogens with zero attached hydrogens (tertiary/aromatic N) is 11. The molecule has 13 aromatic heterocycles. The molecule has 0 saturated carbocycles. The number of nitro groups is 2. The van der Waals surface area contributed by atoms with E-state index in [4.69, 9.17) is 107 Å². The van der Waals surface area contributed by atoms with Crippen LogP contribution in [0.3, 0.4) is 0 Å². The number of halogens is 8. The monoisotopic (exact) mass is 2170 g/mol. The summed E-state index contributed by atoms with van der Waals surface area (Å²) in [6.45, 7) is 5.87. The van der Waals surface area contributed by atoms with Gasteiger partial charge in [0.1, 0.15) is 26.5 Å². The largest absolute Gasteiger partial charge is 0.505 e. The molecule has 44 heteroatoms. The number of anilines is 2. The molecule has 0 unspecified atom stereocenters. The van der Waals surface area contributed by atoms with Gasteiger partial charge in [-0.1, -0.05) is 41.4 Å². The molecule has 4 aromatic carbocycles. The molecule has 732 valence electrons. The van der Waals surface area contributed by atoms with Crippen LogP contribution in [0.4, 0.5) is 40.3 Å². The molecule has 0 spiro atoms. The summed E-state index contributed by atoms with van der Waals surface area (Å²) < 4.78 is 119. The van der Waals surface area contributed by atoms with Crippen molar-refractivity contribution in [3.8, 4) is 72.0 Å². The van der Waals surface area contributed by atoms with Gasteiger partial charge < -0.3 is 84.0 Å². The first-order valence-corrected chi connectivity index (χ1v) is 48.3. The molecule has 4 aliphatic rings. The maximum Gasteiger partial charge on any atom is 0.272 e. The fourth-order valence-corrected chi connectivity index (χ4v) is 17.5. The minimum Gasteiger partial charge on any atom is -0.505 e.